The number of rotatable bonds is 4. The molecule has 5 nitrogen and oxygen atoms in total. The van der Waals surface area contributed by atoms with Crippen LogP contribution in [0.5, 0.6) is 0 Å². The third-order valence-electron chi connectivity index (χ3n) is 3.00. The number of benzene rings is 1. The van der Waals surface area contributed by atoms with Crippen LogP contribution in [0.15, 0.2) is 48.8 Å². The molecule has 3 rings (SSSR count). The van der Waals surface area contributed by atoms with E-state index in [9.17, 15) is 4.39 Å². The normalized spacial score (nSPS) is 10.6. The van der Waals surface area contributed by atoms with Crippen molar-refractivity contribution in [2.24, 2.45) is 0 Å². The number of hydrogen-bond donors (Lipinski definition) is 1. The van der Waals surface area contributed by atoms with Crippen molar-refractivity contribution in [2.75, 3.05) is 5.32 Å². The minimum Gasteiger partial charge on any atom is -0.379 e. The van der Waals surface area contributed by atoms with Crippen LogP contribution in [0.4, 0.5) is 10.1 Å². The van der Waals surface area contributed by atoms with E-state index >= 15 is 0 Å². The van der Waals surface area contributed by atoms with Crippen molar-refractivity contribution in [3.8, 4) is 5.69 Å². The van der Waals surface area contributed by atoms with Crippen molar-refractivity contribution in [3.05, 3.63) is 66.0 Å². The maximum atomic E-state index is 12.9. The summed E-state index contributed by atoms with van der Waals surface area (Å²) in [4.78, 5) is 4.14. The highest BCUT2D eigenvalue weighted by Gasteiger charge is 2.03. The van der Waals surface area contributed by atoms with Crippen molar-refractivity contribution in [3.63, 3.8) is 0 Å². The Morgan fingerprint density at radius 3 is 2.76 bits per heavy atom. The van der Waals surface area contributed by atoms with E-state index in [1.165, 1.54) is 12.1 Å². The van der Waals surface area contributed by atoms with Crippen molar-refractivity contribution in [1.29, 1.82) is 0 Å². The van der Waals surface area contributed by atoms with Crippen molar-refractivity contribution in [1.82, 2.24) is 20.0 Å². The molecule has 0 saturated carbocycles. The molecule has 0 saturated heterocycles. The molecule has 0 aliphatic heterocycles. The largest absolute Gasteiger partial charge is 0.379 e. The SMILES string of the molecule is Cc1cc(NCc2cn(-c3ccc(F)cc3)nn2)ccn1. The third-order valence-corrected chi connectivity index (χ3v) is 3.00. The van der Waals surface area contributed by atoms with E-state index in [1.54, 1.807) is 23.0 Å². The molecule has 2 heterocycles. The number of nitrogens with zero attached hydrogens (tertiary/aromatic N) is 4. The summed E-state index contributed by atoms with van der Waals surface area (Å²) in [6, 6.07) is 9.98. The summed E-state index contributed by atoms with van der Waals surface area (Å²) in [5.41, 5.74) is 3.51. The van der Waals surface area contributed by atoms with Gasteiger partial charge in [-0.3, -0.25) is 4.98 Å². The van der Waals surface area contributed by atoms with Gasteiger partial charge in [0.05, 0.1) is 18.4 Å². The molecule has 0 radical (unpaired) electrons. The molecule has 0 bridgehead atoms. The van der Waals surface area contributed by atoms with E-state index in [4.69, 9.17) is 0 Å². The van der Waals surface area contributed by atoms with Crippen LogP contribution in [-0.4, -0.2) is 20.0 Å². The second-order valence-electron chi connectivity index (χ2n) is 4.67. The number of hydrogen-bond acceptors (Lipinski definition) is 4. The van der Waals surface area contributed by atoms with E-state index < -0.39 is 0 Å². The lowest BCUT2D eigenvalue weighted by atomic mass is 10.3. The van der Waals surface area contributed by atoms with Gasteiger partial charge in [0.25, 0.3) is 0 Å². The highest BCUT2D eigenvalue weighted by atomic mass is 19.1. The number of aryl methyl sites for hydroxylation is 1. The van der Waals surface area contributed by atoms with Crippen LogP contribution in [0.1, 0.15) is 11.4 Å². The molecule has 0 aliphatic rings. The Balaban J connectivity index is 1.69. The molecule has 0 atom stereocenters. The fraction of sp³-hybridized carbons (Fsp3) is 0.133. The highest BCUT2D eigenvalue weighted by Crippen LogP contribution is 2.11. The lowest BCUT2D eigenvalue weighted by molar-refractivity contribution is 0.626. The predicted molar refractivity (Wildman–Crippen MR) is 77.6 cm³/mol. The number of aromatic nitrogens is 4. The topological polar surface area (TPSA) is 55.6 Å². The molecule has 0 fully saturated rings. The van der Waals surface area contributed by atoms with Gasteiger partial charge in [-0.2, -0.15) is 0 Å². The van der Waals surface area contributed by atoms with Gasteiger partial charge in [0.15, 0.2) is 0 Å². The first-order valence-electron chi connectivity index (χ1n) is 6.54. The minimum absolute atomic E-state index is 0.270. The number of halogens is 1. The van der Waals surface area contributed by atoms with Gasteiger partial charge in [-0.1, -0.05) is 5.21 Å². The quantitative estimate of drug-likeness (QED) is 0.800. The fourth-order valence-corrected chi connectivity index (χ4v) is 1.95. The molecule has 2 aromatic heterocycles. The van der Waals surface area contributed by atoms with Crippen LogP contribution in [0.2, 0.25) is 0 Å². The average Bonchev–Trinajstić information content (AvgIpc) is 2.95. The van der Waals surface area contributed by atoms with Crippen LogP contribution >= 0.6 is 0 Å². The zero-order valence-electron chi connectivity index (χ0n) is 11.5. The lowest BCUT2D eigenvalue weighted by Crippen LogP contribution is -2.00. The molecule has 0 spiro atoms. The van der Waals surface area contributed by atoms with Gasteiger partial charge in [0, 0.05) is 17.6 Å². The molecule has 0 unspecified atom stereocenters. The summed E-state index contributed by atoms with van der Waals surface area (Å²) in [7, 11) is 0. The molecule has 6 heteroatoms. The van der Waals surface area contributed by atoms with Crippen LogP contribution in [-0.2, 0) is 6.54 Å². The van der Waals surface area contributed by atoms with Gasteiger partial charge in [0.2, 0.25) is 0 Å². The molecular weight excluding hydrogens is 269 g/mol. The monoisotopic (exact) mass is 283 g/mol. The summed E-state index contributed by atoms with van der Waals surface area (Å²) >= 11 is 0. The van der Waals surface area contributed by atoms with Gasteiger partial charge in [0.1, 0.15) is 11.5 Å². The van der Waals surface area contributed by atoms with Crippen molar-refractivity contribution >= 4 is 5.69 Å². The van der Waals surface area contributed by atoms with Gasteiger partial charge >= 0.3 is 0 Å². The zero-order chi connectivity index (χ0) is 14.7. The van der Waals surface area contributed by atoms with Gasteiger partial charge in [-0.15, -0.1) is 5.10 Å². The van der Waals surface area contributed by atoms with Crippen LogP contribution in [0.25, 0.3) is 5.69 Å². The van der Waals surface area contributed by atoms with Crippen LogP contribution in [0, 0.1) is 12.7 Å². The molecule has 106 valence electrons. The summed E-state index contributed by atoms with van der Waals surface area (Å²) < 4.78 is 14.5. The summed E-state index contributed by atoms with van der Waals surface area (Å²) in [6.07, 6.45) is 3.57. The summed E-state index contributed by atoms with van der Waals surface area (Å²) in [5.74, 6) is -0.270. The Kier molecular flexibility index (Phi) is 3.59. The minimum atomic E-state index is -0.270. The first-order chi connectivity index (χ1) is 10.2. The van der Waals surface area contributed by atoms with E-state index in [0.717, 1.165) is 22.8 Å². The average molecular weight is 283 g/mol. The number of anilines is 1. The van der Waals surface area contributed by atoms with E-state index in [2.05, 4.69) is 20.6 Å². The maximum Gasteiger partial charge on any atom is 0.123 e. The van der Waals surface area contributed by atoms with Gasteiger partial charge < -0.3 is 5.32 Å². The van der Waals surface area contributed by atoms with E-state index in [0.29, 0.717) is 6.54 Å². The highest BCUT2D eigenvalue weighted by molar-refractivity contribution is 5.43. The Morgan fingerprint density at radius 2 is 2.00 bits per heavy atom. The fourth-order valence-electron chi connectivity index (χ4n) is 1.95. The second-order valence-corrected chi connectivity index (χ2v) is 4.67. The summed E-state index contributed by atoms with van der Waals surface area (Å²) in [6.45, 7) is 2.50. The Hall–Kier alpha value is -2.76. The van der Waals surface area contributed by atoms with Gasteiger partial charge in [-0.25, -0.2) is 9.07 Å². The molecule has 0 amide bonds. The molecule has 1 N–H and O–H groups in total. The zero-order valence-corrected chi connectivity index (χ0v) is 11.5. The van der Waals surface area contributed by atoms with Crippen molar-refractivity contribution in [2.45, 2.75) is 13.5 Å². The predicted octanol–water partition coefficient (Wildman–Crippen LogP) is 2.72. The first-order valence-corrected chi connectivity index (χ1v) is 6.54. The Bertz CT molecular complexity index is 736. The van der Waals surface area contributed by atoms with Crippen molar-refractivity contribution < 1.29 is 4.39 Å². The number of nitrogens with one attached hydrogen (secondary N) is 1. The molecule has 0 aliphatic carbocycles. The summed E-state index contributed by atoms with van der Waals surface area (Å²) in [5, 5.41) is 11.4. The smallest absolute Gasteiger partial charge is 0.123 e. The molecular formula is C15H14FN5. The standard InChI is InChI=1S/C15H14FN5/c1-11-8-13(6-7-17-11)18-9-14-10-21(20-19-14)15-4-2-12(16)3-5-15/h2-8,10H,9H2,1H3,(H,17,18). The van der Waals surface area contributed by atoms with Crippen LogP contribution < -0.4 is 5.32 Å². The Labute approximate surface area is 121 Å². The molecule has 21 heavy (non-hydrogen) atoms. The Morgan fingerprint density at radius 1 is 1.19 bits per heavy atom. The molecule has 3 aromatic rings. The second kappa shape index (κ2) is 5.70. The van der Waals surface area contributed by atoms with E-state index in [1.807, 2.05) is 25.3 Å². The first kappa shape index (κ1) is 13.2. The van der Waals surface area contributed by atoms with Gasteiger partial charge in [-0.05, 0) is 43.3 Å². The molecule has 1 aromatic carbocycles. The lowest BCUT2D eigenvalue weighted by Gasteiger charge is -2.04. The maximum absolute atomic E-state index is 12.9. The number of pyridine rings is 1. The third kappa shape index (κ3) is 3.22. The van der Waals surface area contributed by atoms with E-state index in [-0.39, 0.29) is 5.82 Å². The van der Waals surface area contributed by atoms with Crippen LogP contribution in [0.3, 0.4) is 0 Å².